The lowest BCUT2D eigenvalue weighted by molar-refractivity contribution is 0.602. The Hall–Kier alpha value is -2.97. The smallest absolute Gasteiger partial charge is 0.262 e. The number of halogens is 2. The summed E-state index contributed by atoms with van der Waals surface area (Å²) in [6.07, 6.45) is 1.17. The zero-order valence-corrected chi connectivity index (χ0v) is 21.5. The van der Waals surface area contributed by atoms with Crippen molar-refractivity contribution in [3.05, 3.63) is 104 Å². The van der Waals surface area contributed by atoms with Crippen molar-refractivity contribution in [2.24, 2.45) is 0 Å². The van der Waals surface area contributed by atoms with Crippen LogP contribution in [0, 0.1) is 0 Å². The molecule has 0 spiro atoms. The highest BCUT2D eigenvalue weighted by Gasteiger charge is 2.18. The zero-order valence-electron chi connectivity index (χ0n) is 18.4. The molecule has 0 bridgehead atoms. The largest absolute Gasteiger partial charge is 0.287 e. The minimum atomic E-state index is -3.46. The van der Waals surface area contributed by atoms with Crippen molar-refractivity contribution < 1.29 is 8.42 Å². The van der Waals surface area contributed by atoms with Crippen LogP contribution in [0.4, 0.5) is 0 Å². The molecule has 0 saturated heterocycles. The summed E-state index contributed by atoms with van der Waals surface area (Å²) in [5.41, 5.74) is 2.34. The van der Waals surface area contributed by atoms with Crippen LogP contribution in [0.2, 0.25) is 9.36 Å². The molecule has 0 atom stereocenters. The molecular formula is C26H18Cl2N2O3S2. The topological polar surface area (TPSA) is 69.0 Å². The second-order valence-electron chi connectivity index (χ2n) is 8.06. The SMILES string of the molecule is CS(=O)(=O)c1ccccc1-c1ccc2nc(-c3ccc(Cl)s3)n(Cc3ccc(Cl)cc3)c(=O)c2c1. The average molecular weight is 541 g/mol. The number of thiophene rings is 1. The molecule has 0 aliphatic rings. The van der Waals surface area contributed by atoms with E-state index in [2.05, 4.69) is 0 Å². The first kappa shape index (κ1) is 23.8. The van der Waals surface area contributed by atoms with Crippen LogP contribution in [0.3, 0.4) is 0 Å². The van der Waals surface area contributed by atoms with E-state index < -0.39 is 9.84 Å². The summed E-state index contributed by atoms with van der Waals surface area (Å²) in [4.78, 5) is 19.6. The van der Waals surface area contributed by atoms with Crippen molar-refractivity contribution in [3.8, 4) is 21.8 Å². The Labute approximate surface area is 216 Å². The fraction of sp³-hybridized carbons (Fsp3) is 0.0769. The van der Waals surface area contributed by atoms with E-state index in [1.165, 1.54) is 17.6 Å². The monoisotopic (exact) mass is 540 g/mol. The van der Waals surface area contributed by atoms with Crippen LogP contribution in [0.1, 0.15) is 5.56 Å². The molecule has 5 aromatic rings. The van der Waals surface area contributed by atoms with Gasteiger partial charge in [0, 0.05) is 16.8 Å². The van der Waals surface area contributed by atoms with Crippen molar-refractivity contribution in [3.63, 3.8) is 0 Å². The van der Waals surface area contributed by atoms with Gasteiger partial charge in [-0.15, -0.1) is 11.3 Å². The molecule has 0 aliphatic heterocycles. The lowest BCUT2D eigenvalue weighted by Gasteiger charge is -2.14. The number of hydrogen-bond donors (Lipinski definition) is 0. The fourth-order valence-corrected chi connectivity index (χ4v) is 6.04. The van der Waals surface area contributed by atoms with Crippen molar-refractivity contribution in [2.75, 3.05) is 6.26 Å². The molecule has 176 valence electrons. The molecule has 5 nitrogen and oxygen atoms in total. The van der Waals surface area contributed by atoms with Gasteiger partial charge in [-0.2, -0.15) is 0 Å². The van der Waals surface area contributed by atoms with Crippen LogP contribution in [0.15, 0.2) is 88.6 Å². The maximum Gasteiger partial charge on any atom is 0.262 e. The van der Waals surface area contributed by atoms with E-state index in [4.69, 9.17) is 28.2 Å². The molecule has 0 N–H and O–H groups in total. The third-order valence-electron chi connectivity index (χ3n) is 5.60. The van der Waals surface area contributed by atoms with Gasteiger partial charge < -0.3 is 0 Å². The molecule has 0 fully saturated rings. The number of benzene rings is 3. The quantitative estimate of drug-likeness (QED) is 0.253. The van der Waals surface area contributed by atoms with Crippen LogP contribution < -0.4 is 5.56 Å². The lowest BCUT2D eigenvalue weighted by atomic mass is 10.0. The van der Waals surface area contributed by atoms with Gasteiger partial charge in [0.2, 0.25) is 0 Å². The molecular weight excluding hydrogens is 523 g/mol. The van der Waals surface area contributed by atoms with Crippen LogP contribution in [0.25, 0.3) is 32.7 Å². The number of fused-ring (bicyclic) bond motifs is 1. The van der Waals surface area contributed by atoms with Crippen molar-refractivity contribution in [1.82, 2.24) is 9.55 Å². The van der Waals surface area contributed by atoms with Gasteiger partial charge in [-0.1, -0.05) is 59.6 Å². The van der Waals surface area contributed by atoms with Crippen LogP contribution >= 0.6 is 34.5 Å². The number of rotatable bonds is 5. The maximum atomic E-state index is 13.8. The van der Waals surface area contributed by atoms with E-state index >= 15 is 0 Å². The summed E-state index contributed by atoms with van der Waals surface area (Å²) in [6, 6.07) is 22.9. The molecule has 9 heteroatoms. The molecule has 5 rings (SSSR count). The van der Waals surface area contributed by atoms with E-state index in [1.807, 2.05) is 18.2 Å². The highest BCUT2D eigenvalue weighted by Crippen LogP contribution is 2.32. The molecule has 2 heterocycles. The number of nitrogens with zero attached hydrogens (tertiary/aromatic N) is 2. The normalized spacial score (nSPS) is 11.7. The minimum Gasteiger partial charge on any atom is -0.287 e. The van der Waals surface area contributed by atoms with Crippen LogP contribution in [-0.4, -0.2) is 24.2 Å². The van der Waals surface area contributed by atoms with E-state index in [0.29, 0.717) is 37.2 Å². The summed E-state index contributed by atoms with van der Waals surface area (Å²) in [5.74, 6) is 0.513. The first-order chi connectivity index (χ1) is 16.7. The zero-order chi connectivity index (χ0) is 24.7. The Morgan fingerprint density at radius 1 is 0.943 bits per heavy atom. The lowest BCUT2D eigenvalue weighted by Crippen LogP contribution is -2.24. The summed E-state index contributed by atoms with van der Waals surface area (Å²) < 4.78 is 26.9. The van der Waals surface area contributed by atoms with E-state index in [9.17, 15) is 13.2 Å². The predicted octanol–water partition coefficient (Wildman–Crippen LogP) is 6.55. The van der Waals surface area contributed by atoms with Crippen LogP contribution in [-0.2, 0) is 16.4 Å². The summed E-state index contributed by atoms with van der Waals surface area (Å²) in [7, 11) is -3.46. The molecule has 0 aliphatic carbocycles. The van der Waals surface area contributed by atoms with Gasteiger partial charge in [-0.3, -0.25) is 9.36 Å². The highest BCUT2D eigenvalue weighted by atomic mass is 35.5. The Morgan fingerprint density at radius 2 is 1.69 bits per heavy atom. The molecule has 0 saturated carbocycles. The van der Waals surface area contributed by atoms with Gasteiger partial charge >= 0.3 is 0 Å². The second-order valence-corrected chi connectivity index (χ2v) is 12.2. The average Bonchev–Trinajstić information content (AvgIpc) is 3.27. The number of aromatic nitrogens is 2. The second kappa shape index (κ2) is 9.24. The Balaban J connectivity index is 1.74. The number of hydrogen-bond acceptors (Lipinski definition) is 5. The summed E-state index contributed by atoms with van der Waals surface area (Å²) in [6.45, 7) is 0.286. The van der Waals surface area contributed by atoms with Gasteiger partial charge in [0.25, 0.3) is 5.56 Å². The van der Waals surface area contributed by atoms with Crippen molar-refractivity contribution in [1.29, 1.82) is 0 Å². The molecule has 0 radical (unpaired) electrons. The fourth-order valence-electron chi connectivity index (χ4n) is 3.96. The molecule has 0 amide bonds. The van der Waals surface area contributed by atoms with Gasteiger partial charge in [0.15, 0.2) is 15.7 Å². The van der Waals surface area contributed by atoms with Gasteiger partial charge in [0.05, 0.1) is 31.6 Å². The van der Waals surface area contributed by atoms with E-state index in [0.717, 1.165) is 10.4 Å². The Morgan fingerprint density at radius 3 is 2.37 bits per heavy atom. The molecule has 35 heavy (non-hydrogen) atoms. The molecule has 2 aromatic heterocycles. The first-order valence-electron chi connectivity index (χ1n) is 10.5. The van der Waals surface area contributed by atoms with Crippen molar-refractivity contribution in [2.45, 2.75) is 11.4 Å². The van der Waals surface area contributed by atoms with E-state index in [-0.39, 0.29) is 17.0 Å². The third-order valence-corrected chi connectivity index (χ3v) is 8.23. The molecule has 0 unspecified atom stereocenters. The Kier molecular flexibility index (Phi) is 6.27. The van der Waals surface area contributed by atoms with Gasteiger partial charge in [-0.05, 0) is 53.6 Å². The summed E-state index contributed by atoms with van der Waals surface area (Å²) in [5, 5.41) is 1.00. The standard InChI is InChI=1S/C26H18Cl2N2O3S2/c1-35(32,33)23-5-3-2-4-19(23)17-8-11-21-20(14-17)26(31)30(15-16-6-9-18(27)10-7-16)25(29-21)22-12-13-24(28)34-22/h2-14H,15H2,1H3. The third kappa shape index (κ3) is 4.77. The van der Waals surface area contributed by atoms with Gasteiger partial charge in [-0.25, -0.2) is 13.4 Å². The highest BCUT2D eigenvalue weighted by molar-refractivity contribution is 7.90. The van der Waals surface area contributed by atoms with Crippen molar-refractivity contribution >= 4 is 55.3 Å². The summed E-state index contributed by atoms with van der Waals surface area (Å²) >= 11 is 13.6. The minimum absolute atomic E-state index is 0.207. The van der Waals surface area contributed by atoms with E-state index in [1.54, 1.807) is 65.2 Å². The number of sulfone groups is 1. The maximum absolute atomic E-state index is 13.8. The first-order valence-corrected chi connectivity index (χ1v) is 14.0. The molecule has 3 aromatic carbocycles. The predicted molar refractivity (Wildman–Crippen MR) is 143 cm³/mol. The van der Waals surface area contributed by atoms with Crippen LogP contribution in [0.5, 0.6) is 0 Å². The Bertz CT molecular complexity index is 1740. The van der Waals surface area contributed by atoms with Gasteiger partial charge in [0.1, 0.15) is 0 Å².